The molecular weight excluding hydrogens is 316 g/mol. The number of hydrogen-bond acceptors (Lipinski definition) is 3. The van der Waals surface area contributed by atoms with Crippen LogP contribution in [0.15, 0.2) is 42.5 Å². The van der Waals surface area contributed by atoms with Crippen LogP contribution in [0.1, 0.15) is 24.0 Å². The molecule has 0 aromatic heterocycles. The third kappa shape index (κ3) is 4.59. The largest absolute Gasteiger partial charge is 0.484 e. The average Bonchev–Trinajstić information content (AvgIpc) is 3.43. The lowest BCUT2D eigenvalue weighted by Gasteiger charge is -2.14. The molecule has 1 saturated carbocycles. The van der Waals surface area contributed by atoms with Gasteiger partial charge in [0, 0.05) is 17.3 Å². The summed E-state index contributed by atoms with van der Waals surface area (Å²) in [4.78, 5) is 24.1. The molecule has 1 aliphatic carbocycles. The maximum Gasteiger partial charge on any atom is 0.262 e. The van der Waals surface area contributed by atoms with Gasteiger partial charge in [-0.1, -0.05) is 23.8 Å². The van der Waals surface area contributed by atoms with Crippen LogP contribution in [0, 0.1) is 19.8 Å². The Bertz CT molecular complexity index is 780. The number of hydrogen-bond donors (Lipinski definition) is 2. The van der Waals surface area contributed by atoms with Gasteiger partial charge in [-0.25, -0.2) is 0 Å². The van der Waals surface area contributed by atoms with Crippen molar-refractivity contribution in [1.82, 2.24) is 0 Å². The molecular formula is C20H22N2O3. The monoisotopic (exact) mass is 338 g/mol. The molecule has 0 bridgehead atoms. The first-order valence-electron chi connectivity index (χ1n) is 8.43. The Morgan fingerprint density at radius 2 is 1.64 bits per heavy atom. The van der Waals surface area contributed by atoms with Crippen LogP contribution < -0.4 is 15.4 Å². The zero-order valence-electron chi connectivity index (χ0n) is 14.5. The third-order valence-corrected chi connectivity index (χ3v) is 4.20. The molecule has 2 N–H and O–H groups in total. The minimum Gasteiger partial charge on any atom is -0.484 e. The van der Waals surface area contributed by atoms with Crippen LogP contribution in [-0.2, 0) is 9.59 Å². The van der Waals surface area contributed by atoms with Gasteiger partial charge < -0.3 is 15.4 Å². The minimum absolute atomic E-state index is 0.0503. The van der Waals surface area contributed by atoms with Gasteiger partial charge in [-0.15, -0.1) is 0 Å². The van der Waals surface area contributed by atoms with Crippen molar-refractivity contribution in [2.75, 3.05) is 17.2 Å². The van der Waals surface area contributed by atoms with Gasteiger partial charge in [-0.2, -0.15) is 0 Å². The number of carbonyl (C=O) groups is 2. The number of amides is 2. The summed E-state index contributed by atoms with van der Waals surface area (Å²) in [6.07, 6.45) is 1.91. The molecule has 2 amide bonds. The zero-order chi connectivity index (χ0) is 17.8. The second kappa shape index (κ2) is 7.38. The molecule has 5 nitrogen and oxygen atoms in total. The molecule has 0 radical (unpaired) electrons. The molecule has 1 fully saturated rings. The summed E-state index contributed by atoms with van der Waals surface area (Å²) in [6.45, 7) is 3.80. The van der Waals surface area contributed by atoms with Crippen LogP contribution in [0.3, 0.4) is 0 Å². The fraction of sp³-hybridized carbons (Fsp3) is 0.300. The van der Waals surface area contributed by atoms with Crippen molar-refractivity contribution in [3.05, 3.63) is 53.6 Å². The van der Waals surface area contributed by atoms with Crippen LogP contribution in [0.4, 0.5) is 11.4 Å². The van der Waals surface area contributed by atoms with E-state index in [4.69, 9.17) is 4.74 Å². The minimum atomic E-state index is -0.241. The van der Waals surface area contributed by atoms with E-state index in [1.807, 2.05) is 56.3 Å². The van der Waals surface area contributed by atoms with E-state index in [9.17, 15) is 9.59 Å². The van der Waals surface area contributed by atoms with Crippen molar-refractivity contribution >= 4 is 23.2 Å². The number of nitrogens with one attached hydrogen (secondary N) is 2. The molecule has 3 rings (SSSR count). The summed E-state index contributed by atoms with van der Waals surface area (Å²) in [5.41, 5.74) is 3.37. The molecule has 2 aromatic rings. The van der Waals surface area contributed by atoms with E-state index in [1.165, 1.54) is 0 Å². The number of carbonyl (C=O) groups excluding carboxylic acids is 2. The smallest absolute Gasteiger partial charge is 0.262 e. The predicted octanol–water partition coefficient (Wildman–Crippen LogP) is 3.67. The molecule has 1 aliphatic rings. The van der Waals surface area contributed by atoms with Gasteiger partial charge in [0.05, 0.1) is 0 Å². The Kier molecular flexibility index (Phi) is 5.03. The second-order valence-electron chi connectivity index (χ2n) is 6.39. The van der Waals surface area contributed by atoms with Crippen molar-refractivity contribution in [3.8, 4) is 5.75 Å². The van der Waals surface area contributed by atoms with Gasteiger partial charge in [0.15, 0.2) is 6.61 Å². The van der Waals surface area contributed by atoms with Gasteiger partial charge in [0.1, 0.15) is 5.75 Å². The van der Waals surface area contributed by atoms with Crippen LogP contribution in [0.2, 0.25) is 0 Å². The standard InChI is InChI=1S/C20H22N2O3/c1-13-6-10-16(11-7-13)25-12-19(23)21-17-4-3-5-18(14(17)2)22-20(24)15-8-9-15/h3-7,10-11,15H,8-9,12H2,1-2H3,(H,21,23)(H,22,24). The van der Waals surface area contributed by atoms with Gasteiger partial charge in [0.25, 0.3) is 5.91 Å². The first-order valence-corrected chi connectivity index (χ1v) is 8.43. The molecule has 0 aliphatic heterocycles. The van der Waals surface area contributed by atoms with Crippen LogP contribution in [0.5, 0.6) is 5.75 Å². The number of ether oxygens (including phenoxy) is 1. The Balaban J connectivity index is 1.58. The summed E-state index contributed by atoms with van der Waals surface area (Å²) in [5, 5.41) is 5.76. The number of anilines is 2. The molecule has 2 aromatic carbocycles. The summed E-state index contributed by atoms with van der Waals surface area (Å²) < 4.78 is 5.49. The predicted molar refractivity (Wildman–Crippen MR) is 97.8 cm³/mol. The second-order valence-corrected chi connectivity index (χ2v) is 6.39. The molecule has 0 saturated heterocycles. The van der Waals surface area contributed by atoms with E-state index in [-0.39, 0.29) is 24.3 Å². The highest BCUT2D eigenvalue weighted by Gasteiger charge is 2.29. The average molecular weight is 338 g/mol. The van der Waals surface area contributed by atoms with E-state index in [1.54, 1.807) is 0 Å². The SMILES string of the molecule is Cc1ccc(OCC(=O)Nc2cccc(NC(=O)C3CC3)c2C)cc1. The van der Waals surface area contributed by atoms with Crippen LogP contribution in [0.25, 0.3) is 0 Å². The Labute approximate surface area is 147 Å². The van der Waals surface area contributed by atoms with E-state index >= 15 is 0 Å². The normalized spacial score (nSPS) is 13.2. The highest BCUT2D eigenvalue weighted by molar-refractivity contribution is 5.97. The summed E-state index contributed by atoms with van der Waals surface area (Å²) >= 11 is 0. The summed E-state index contributed by atoms with van der Waals surface area (Å²) in [5.74, 6) is 0.604. The van der Waals surface area contributed by atoms with E-state index in [0.29, 0.717) is 11.4 Å². The van der Waals surface area contributed by atoms with Gasteiger partial charge in [-0.3, -0.25) is 9.59 Å². The van der Waals surface area contributed by atoms with Crippen molar-refractivity contribution in [2.45, 2.75) is 26.7 Å². The molecule has 25 heavy (non-hydrogen) atoms. The number of rotatable bonds is 6. The van der Waals surface area contributed by atoms with Crippen molar-refractivity contribution < 1.29 is 14.3 Å². The van der Waals surface area contributed by atoms with Gasteiger partial charge >= 0.3 is 0 Å². The maximum absolute atomic E-state index is 12.1. The molecule has 0 heterocycles. The number of aryl methyl sites for hydroxylation is 1. The fourth-order valence-electron chi connectivity index (χ4n) is 2.46. The van der Waals surface area contributed by atoms with Crippen molar-refractivity contribution in [3.63, 3.8) is 0 Å². The Morgan fingerprint density at radius 1 is 1.00 bits per heavy atom. The van der Waals surface area contributed by atoms with Crippen LogP contribution in [-0.4, -0.2) is 18.4 Å². The lowest BCUT2D eigenvalue weighted by Crippen LogP contribution is -2.21. The molecule has 0 atom stereocenters. The molecule has 0 spiro atoms. The first kappa shape index (κ1) is 17.0. The number of benzene rings is 2. The first-order chi connectivity index (χ1) is 12.0. The summed E-state index contributed by atoms with van der Waals surface area (Å²) in [7, 11) is 0. The molecule has 0 unspecified atom stereocenters. The third-order valence-electron chi connectivity index (χ3n) is 4.20. The summed E-state index contributed by atoms with van der Waals surface area (Å²) in [6, 6.07) is 13.0. The van der Waals surface area contributed by atoms with E-state index in [2.05, 4.69) is 10.6 Å². The topological polar surface area (TPSA) is 67.4 Å². The Hall–Kier alpha value is -2.82. The highest BCUT2D eigenvalue weighted by atomic mass is 16.5. The molecule has 130 valence electrons. The van der Waals surface area contributed by atoms with Crippen molar-refractivity contribution in [2.24, 2.45) is 5.92 Å². The quantitative estimate of drug-likeness (QED) is 0.844. The van der Waals surface area contributed by atoms with Gasteiger partial charge in [0.2, 0.25) is 5.91 Å². The van der Waals surface area contributed by atoms with Crippen LogP contribution >= 0.6 is 0 Å². The molecule has 5 heteroatoms. The lowest BCUT2D eigenvalue weighted by molar-refractivity contribution is -0.118. The van der Waals surface area contributed by atoms with E-state index in [0.717, 1.165) is 29.7 Å². The zero-order valence-corrected chi connectivity index (χ0v) is 14.5. The maximum atomic E-state index is 12.1. The Morgan fingerprint density at radius 3 is 2.28 bits per heavy atom. The lowest BCUT2D eigenvalue weighted by atomic mass is 10.1. The van der Waals surface area contributed by atoms with Crippen molar-refractivity contribution in [1.29, 1.82) is 0 Å². The van der Waals surface area contributed by atoms with Gasteiger partial charge in [-0.05, 0) is 56.5 Å². The van der Waals surface area contributed by atoms with E-state index < -0.39 is 0 Å². The highest BCUT2D eigenvalue weighted by Crippen LogP contribution is 2.31. The fourth-order valence-corrected chi connectivity index (χ4v) is 2.46.